The summed E-state index contributed by atoms with van der Waals surface area (Å²) in [5, 5.41) is 65.0. The summed E-state index contributed by atoms with van der Waals surface area (Å²) < 4.78 is 46.2. The van der Waals surface area contributed by atoms with E-state index < -0.39 is 78.5 Å². The highest BCUT2D eigenvalue weighted by molar-refractivity contribution is 5.86. The van der Waals surface area contributed by atoms with E-state index in [0.717, 1.165) is 51.3 Å². The molecule has 3 heterocycles. The van der Waals surface area contributed by atoms with E-state index in [4.69, 9.17) is 49.9 Å². The van der Waals surface area contributed by atoms with Gasteiger partial charge in [0.25, 0.3) is 5.69 Å². The summed E-state index contributed by atoms with van der Waals surface area (Å²) in [4.78, 5) is 30.6. The molecule has 3 fully saturated rings. The second kappa shape index (κ2) is 38.8. The molecule has 1 aromatic carbocycles. The van der Waals surface area contributed by atoms with Crippen molar-refractivity contribution in [2.45, 2.75) is 194 Å². The van der Waals surface area contributed by atoms with Gasteiger partial charge in [-0.25, -0.2) is 10.2 Å². The molecule has 0 saturated carbocycles. The lowest BCUT2D eigenvalue weighted by molar-refractivity contribution is -0.384. The van der Waals surface area contributed by atoms with E-state index in [-0.39, 0.29) is 24.7 Å². The lowest BCUT2D eigenvalue weighted by Gasteiger charge is -2.36. The van der Waals surface area contributed by atoms with Crippen LogP contribution in [-0.4, -0.2) is 174 Å². The maximum absolute atomic E-state index is 13.0. The Hall–Kier alpha value is -3.65. The molecular formula is C52H97FN6O15. The molecule has 0 bridgehead atoms. The van der Waals surface area contributed by atoms with Crippen LogP contribution in [0.3, 0.4) is 0 Å². The number of non-ortho nitro benzene ring substituents is 1. The number of allylic oxidation sites excluding steroid dienone is 1. The molecule has 0 spiro atoms. The van der Waals surface area contributed by atoms with Crippen LogP contribution in [0.5, 0.6) is 0 Å². The molecular weight excluding hydrogens is 968 g/mol. The summed E-state index contributed by atoms with van der Waals surface area (Å²) in [6.45, 7) is 19.5. The van der Waals surface area contributed by atoms with Crippen LogP contribution in [0.4, 0.5) is 10.1 Å². The van der Waals surface area contributed by atoms with E-state index in [9.17, 15) is 39.7 Å². The van der Waals surface area contributed by atoms with Gasteiger partial charge in [0, 0.05) is 56.6 Å². The Balaban J connectivity index is 0.00000122. The smallest absolute Gasteiger partial charge is 0.311 e. The summed E-state index contributed by atoms with van der Waals surface area (Å²) in [5.41, 5.74) is 5.43. The fourth-order valence-electron chi connectivity index (χ4n) is 8.40. The van der Waals surface area contributed by atoms with Gasteiger partial charge in [-0.1, -0.05) is 51.9 Å². The largest absolute Gasteiger partial charge is 0.462 e. The first kappa shape index (κ1) is 70.3. The lowest BCUT2D eigenvalue weighted by Crippen LogP contribution is -2.50. The number of aliphatic hydroxyl groups is 5. The number of cyclic esters (lactones) is 1. The third-order valence-electron chi connectivity index (χ3n) is 12.8. The van der Waals surface area contributed by atoms with Crippen LogP contribution in [0.25, 0.3) is 0 Å². The highest BCUT2D eigenvalue weighted by Crippen LogP contribution is 2.30. The number of methoxy groups -OCH3 is 1. The minimum atomic E-state index is -1.75. The first-order valence-electron chi connectivity index (χ1n) is 26.1. The van der Waals surface area contributed by atoms with Crippen LogP contribution in [0.15, 0.2) is 41.3 Å². The number of ether oxygens (including phenoxy) is 6. The fraction of sp³-hybridized carbons (Fsp3) is 0.808. The minimum absolute atomic E-state index is 0.00264. The molecule has 4 rings (SSSR count). The SMILES string of the molecule is C/C(N)=C/N(N)C(CF)Cc1ccc([N+](=O)[O-])cc1.CC.CCN(C)C1CCC(O)OC(C)C1.CO.COCCOCO/N=C1\CCC(O)CC[C@H](O[C@H]2CC(C)CC(C)O2)C(C)C(=O)OC[C@@](C)(O)C(O)C1C. The molecule has 22 heteroatoms. The zero-order valence-corrected chi connectivity index (χ0v) is 46.8. The van der Waals surface area contributed by atoms with Crippen LogP contribution in [0.1, 0.15) is 133 Å². The van der Waals surface area contributed by atoms with Gasteiger partial charge in [-0.05, 0) is 117 Å². The normalized spacial score (nSPS) is 30.1. The number of carbonyl (C=O) groups excluding carboxylic acids is 1. The third kappa shape index (κ3) is 27.9. The monoisotopic (exact) mass is 1060 g/mol. The van der Waals surface area contributed by atoms with E-state index in [1.165, 1.54) is 30.3 Å². The van der Waals surface area contributed by atoms with E-state index >= 15 is 0 Å². The molecule has 10 unspecified atom stereocenters. The number of hydrazine groups is 1. The number of esters is 1. The summed E-state index contributed by atoms with van der Waals surface area (Å²) in [6.07, 6.45) is 4.46. The fourth-order valence-corrected chi connectivity index (χ4v) is 8.40. The number of alkyl halides is 1. The van der Waals surface area contributed by atoms with Gasteiger partial charge in [-0.15, -0.1) is 0 Å². The highest BCUT2D eigenvalue weighted by Gasteiger charge is 2.40. The summed E-state index contributed by atoms with van der Waals surface area (Å²) >= 11 is 0. The zero-order chi connectivity index (χ0) is 56.6. The Bertz CT molecular complexity index is 1690. The summed E-state index contributed by atoms with van der Waals surface area (Å²) in [7, 11) is 4.70. The van der Waals surface area contributed by atoms with E-state index in [1.807, 2.05) is 27.7 Å². The zero-order valence-electron chi connectivity index (χ0n) is 46.8. The topological polar surface area (TPSA) is 297 Å². The molecule has 432 valence electrons. The van der Waals surface area contributed by atoms with Gasteiger partial charge in [-0.3, -0.25) is 14.9 Å². The predicted octanol–water partition coefficient (Wildman–Crippen LogP) is 5.71. The number of rotatable bonds is 16. The van der Waals surface area contributed by atoms with Gasteiger partial charge in [0.1, 0.15) is 18.9 Å². The summed E-state index contributed by atoms with van der Waals surface area (Å²) in [6, 6.07) is 5.96. The van der Waals surface area contributed by atoms with Gasteiger partial charge >= 0.3 is 5.97 Å². The number of carbonyl (C=O) groups is 1. The lowest BCUT2D eigenvalue weighted by atomic mass is 9.84. The highest BCUT2D eigenvalue weighted by atomic mass is 19.1. The quantitative estimate of drug-likeness (QED) is 0.0261. The Morgan fingerprint density at radius 1 is 0.986 bits per heavy atom. The maximum Gasteiger partial charge on any atom is 0.311 e. The molecule has 3 saturated heterocycles. The molecule has 0 amide bonds. The number of nitrogens with zero attached hydrogens (tertiary/aromatic N) is 4. The molecule has 9 N–H and O–H groups in total. The van der Waals surface area contributed by atoms with Crippen molar-refractivity contribution in [3.63, 3.8) is 0 Å². The van der Waals surface area contributed by atoms with Crippen molar-refractivity contribution in [3.05, 3.63) is 51.8 Å². The standard InChI is InChI=1S/C27H49NO10.C12H17FN4O2.C10H21NO2.C2H6.CH4O/c1-17-13-18(2)37-24(14-17)38-23-10-8-21(29)7-9-22(28-36-16-34-12-11-33-6)19(3)25(30)27(5,32)15-35-26(31)20(23)4;1-9(14)8-16(15)12(7-13)6-10-2-4-11(5-3-10)17(18)19;1-4-11(3)9-5-6-10(12)13-8(2)7-9;2*1-2/h17-21,23-25,29-30,32H,7-16H2,1-6H3;2-5,8,12H,6-7,14-15H2,1H3;8-10,12H,4-7H2,1-3H3;1-2H3;2H,1H3/b28-22+;9-8-;;;/t17?,18?,19?,20?,21?,23-,24-,25?,27+;;;;/m0..../s1. The van der Waals surface area contributed by atoms with Crippen molar-refractivity contribution < 1.29 is 72.9 Å². The number of nitro benzene ring substituents is 1. The Morgan fingerprint density at radius 3 is 2.19 bits per heavy atom. The van der Waals surface area contributed by atoms with E-state index in [2.05, 4.69) is 31.0 Å². The number of benzene rings is 1. The maximum atomic E-state index is 13.0. The van der Waals surface area contributed by atoms with Gasteiger partial charge in [0.15, 0.2) is 12.6 Å². The first-order valence-corrected chi connectivity index (χ1v) is 26.1. The van der Waals surface area contributed by atoms with Gasteiger partial charge in [0.2, 0.25) is 6.79 Å². The molecule has 0 radical (unpaired) electrons. The van der Waals surface area contributed by atoms with Crippen LogP contribution in [0.2, 0.25) is 0 Å². The number of nitrogens with two attached hydrogens (primary N) is 2. The number of nitro groups is 1. The molecule has 0 aromatic heterocycles. The second-order valence-electron chi connectivity index (χ2n) is 19.3. The van der Waals surface area contributed by atoms with Crippen LogP contribution < -0.4 is 11.6 Å². The van der Waals surface area contributed by atoms with Crippen molar-refractivity contribution in [3.8, 4) is 0 Å². The van der Waals surface area contributed by atoms with Crippen LogP contribution in [-0.2, 0) is 44.5 Å². The van der Waals surface area contributed by atoms with Crippen molar-refractivity contribution in [2.24, 2.45) is 34.5 Å². The second-order valence-corrected chi connectivity index (χ2v) is 19.3. The Labute approximate surface area is 440 Å². The number of aliphatic hydroxyl groups excluding tert-OH is 4. The minimum Gasteiger partial charge on any atom is -0.462 e. The molecule has 74 heavy (non-hydrogen) atoms. The van der Waals surface area contributed by atoms with Crippen molar-refractivity contribution in [1.29, 1.82) is 0 Å². The molecule has 3 aliphatic rings. The van der Waals surface area contributed by atoms with Crippen molar-refractivity contribution >= 4 is 17.4 Å². The Kier molecular flexibility index (Phi) is 36.9. The van der Waals surface area contributed by atoms with E-state index in [1.54, 1.807) is 40.0 Å². The first-order chi connectivity index (χ1) is 35.0. The number of hydrogen-bond acceptors (Lipinski definition) is 20. The van der Waals surface area contributed by atoms with Gasteiger partial charge in [0.05, 0.1) is 66.3 Å². The number of oxime groups is 1. The summed E-state index contributed by atoms with van der Waals surface area (Å²) in [5.74, 6) is 4.26. The predicted molar refractivity (Wildman–Crippen MR) is 282 cm³/mol. The number of halogens is 1. The molecule has 13 atom stereocenters. The van der Waals surface area contributed by atoms with E-state index in [0.29, 0.717) is 68.7 Å². The average molecular weight is 1070 g/mol. The molecule has 21 nitrogen and oxygen atoms in total. The van der Waals surface area contributed by atoms with Gasteiger partial charge < -0.3 is 74.4 Å². The van der Waals surface area contributed by atoms with Crippen molar-refractivity contribution in [1.82, 2.24) is 9.91 Å². The third-order valence-corrected chi connectivity index (χ3v) is 12.8. The average Bonchev–Trinajstić information content (AvgIpc) is 3.54. The van der Waals surface area contributed by atoms with Crippen LogP contribution in [0, 0.1) is 27.9 Å². The molecule has 3 aliphatic heterocycles. The van der Waals surface area contributed by atoms with Crippen LogP contribution >= 0.6 is 0 Å². The Morgan fingerprint density at radius 2 is 1.62 bits per heavy atom. The number of hydrogen-bond donors (Lipinski definition) is 7. The molecule has 0 aliphatic carbocycles. The van der Waals surface area contributed by atoms with Gasteiger partial charge in [-0.2, -0.15) is 0 Å². The molecule has 1 aromatic rings. The van der Waals surface area contributed by atoms with Crippen molar-refractivity contribution in [2.75, 3.05) is 61.1 Å².